The predicted octanol–water partition coefficient (Wildman–Crippen LogP) is 1.85. The van der Waals surface area contributed by atoms with E-state index in [1.165, 1.54) is 0 Å². The van der Waals surface area contributed by atoms with Gasteiger partial charge in [-0.1, -0.05) is 46.8 Å². The van der Waals surface area contributed by atoms with Gasteiger partial charge in [0.1, 0.15) is 6.04 Å². The lowest BCUT2D eigenvalue weighted by Gasteiger charge is -2.22. The Morgan fingerprint density at radius 3 is 2.13 bits per heavy atom. The van der Waals surface area contributed by atoms with Gasteiger partial charge in [0.25, 0.3) is 5.91 Å². The van der Waals surface area contributed by atoms with Crippen LogP contribution in [0.1, 0.15) is 50.5 Å². The first-order valence-corrected chi connectivity index (χ1v) is 7.96. The number of aliphatic hydroxyl groups is 1. The molecule has 128 valence electrons. The molecule has 0 heterocycles. The Kier molecular flexibility index (Phi) is 6.76. The summed E-state index contributed by atoms with van der Waals surface area (Å²) in [6, 6.07) is 6.80. The van der Waals surface area contributed by atoms with E-state index < -0.39 is 6.04 Å². The van der Waals surface area contributed by atoms with Crippen molar-refractivity contribution in [2.45, 2.75) is 46.1 Å². The van der Waals surface area contributed by atoms with Crippen LogP contribution in [-0.4, -0.2) is 36.1 Å². The number of rotatable bonds is 6. The summed E-state index contributed by atoms with van der Waals surface area (Å²) in [5, 5.41) is 14.1. The molecule has 1 rings (SSSR count). The van der Waals surface area contributed by atoms with Gasteiger partial charge in [-0.2, -0.15) is 0 Å². The van der Waals surface area contributed by atoms with Gasteiger partial charge in [0.05, 0.1) is 6.61 Å². The third-order valence-electron chi connectivity index (χ3n) is 3.66. The maximum atomic E-state index is 12.4. The van der Waals surface area contributed by atoms with Crippen LogP contribution in [0.4, 0.5) is 0 Å². The third kappa shape index (κ3) is 5.67. The molecule has 0 saturated heterocycles. The zero-order valence-electron chi connectivity index (χ0n) is 14.6. The van der Waals surface area contributed by atoms with Gasteiger partial charge in [-0.3, -0.25) is 9.59 Å². The topological polar surface area (TPSA) is 78.4 Å². The summed E-state index contributed by atoms with van der Waals surface area (Å²) in [6.45, 7) is 10.1. The minimum Gasteiger partial charge on any atom is -0.395 e. The Bertz CT molecular complexity index is 530. The molecule has 5 heteroatoms. The predicted molar refractivity (Wildman–Crippen MR) is 91.3 cm³/mol. The van der Waals surface area contributed by atoms with Crippen molar-refractivity contribution < 1.29 is 14.7 Å². The third-order valence-corrected chi connectivity index (χ3v) is 3.66. The van der Waals surface area contributed by atoms with E-state index in [9.17, 15) is 9.59 Å². The smallest absolute Gasteiger partial charge is 0.251 e. The van der Waals surface area contributed by atoms with Crippen molar-refractivity contribution >= 4 is 11.8 Å². The molecule has 1 atom stereocenters. The molecule has 0 fully saturated rings. The van der Waals surface area contributed by atoms with Crippen molar-refractivity contribution in [2.24, 2.45) is 5.92 Å². The van der Waals surface area contributed by atoms with E-state index >= 15 is 0 Å². The molecule has 1 aromatic rings. The summed E-state index contributed by atoms with van der Waals surface area (Å²) < 4.78 is 0. The number of carbonyl (C=O) groups is 2. The monoisotopic (exact) mass is 320 g/mol. The van der Waals surface area contributed by atoms with Gasteiger partial charge in [0.15, 0.2) is 0 Å². The molecular formula is C18H28N2O3. The van der Waals surface area contributed by atoms with Gasteiger partial charge in [-0.15, -0.1) is 0 Å². The van der Waals surface area contributed by atoms with Gasteiger partial charge >= 0.3 is 0 Å². The van der Waals surface area contributed by atoms with Crippen molar-refractivity contribution in [3.8, 4) is 0 Å². The molecule has 0 radical (unpaired) electrons. The van der Waals surface area contributed by atoms with Gasteiger partial charge in [-0.25, -0.2) is 0 Å². The highest BCUT2D eigenvalue weighted by atomic mass is 16.3. The van der Waals surface area contributed by atoms with Crippen molar-refractivity contribution in [1.29, 1.82) is 0 Å². The highest BCUT2D eigenvalue weighted by Crippen LogP contribution is 2.22. The van der Waals surface area contributed by atoms with Crippen LogP contribution in [0.3, 0.4) is 0 Å². The number of aliphatic hydroxyl groups excluding tert-OH is 1. The molecular weight excluding hydrogens is 292 g/mol. The minimum atomic E-state index is -0.628. The van der Waals surface area contributed by atoms with Crippen LogP contribution in [0.25, 0.3) is 0 Å². The molecule has 0 aromatic heterocycles. The number of benzene rings is 1. The van der Waals surface area contributed by atoms with Crippen LogP contribution in [-0.2, 0) is 10.2 Å². The Morgan fingerprint density at radius 2 is 1.70 bits per heavy atom. The fourth-order valence-corrected chi connectivity index (χ4v) is 2.17. The molecule has 1 aromatic carbocycles. The number of hydrogen-bond donors (Lipinski definition) is 3. The summed E-state index contributed by atoms with van der Waals surface area (Å²) in [4.78, 5) is 24.4. The summed E-state index contributed by atoms with van der Waals surface area (Å²) in [7, 11) is 0. The van der Waals surface area contributed by atoms with E-state index in [1.54, 1.807) is 12.1 Å². The van der Waals surface area contributed by atoms with E-state index in [0.717, 1.165) is 5.56 Å². The first kappa shape index (κ1) is 19.2. The molecule has 0 saturated carbocycles. The summed E-state index contributed by atoms with van der Waals surface area (Å²) >= 11 is 0. The highest BCUT2D eigenvalue weighted by molar-refractivity contribution is 5.97. The molecule has 1 unspecified atom stereocenters. The lowest BCUT2D eigenvalue weighted by molar-refractivity contribution is -0.124. The van der Waals surface area contributed by atoms with E-state index in [2.05, 4.69) is 31.4 Å². The SMILES string of the molecule is CC(C)C(NC(=O)c1ccc(C(C)(C)C)cc1)C(=O)NCCO. The molecule has 0 bridgehead atoms. The number of nitrogens with one attached hydrogen (secondary N) is 2. The van der Waals surface area contributed by atoms with Gasteiger partial charge in [0, 0.05) is 12.1 Å². The highest BCUT2D eigenvalue weighted by Gasteiger charge is 2.24. The van der Waals surface area contributed by atoms with Crippen LogP contribution >= 0.6 is 0 Å². The molecule has 0 aliphatic heterocycles. The lowest BCUT2D eigenvalue weighted by Crippen LogP contribution is -2.50. The number of carbonyl (C=O) groups excluding carboxylic acids is 2. The van der Waals surface area contributed by atoms with Crippen molar-refractivity contribution in [1.82, 2.24) is 10.6 Å². The zero-order chi connectivity index (χ0) is 17.6. The molecule has 0 aliphatic rings. The average molecular weight is 320 g/mol. The summed E-state index contributed by atoms with van der Waals surface area (Å²) in [6.07, 6.45) is 0. The first-order valence-electron chi connectivity index (χ1n) is 7.96. The Balaban J connectivity index is 2.81. The van der Waals surface area contributed by atoms with E-state index in [0.29, 0.717) is 5.56 Å². The average Bonchev–Trinajstić information content (AvgIpc) is 2.48. The minimum absolute atomic E-state index is 0.0274. The molecule has 3 N–H and O–H groups in total. The van der Waals surface area contributed by atoms with Crippen molar-refractivity contribution in [3.63, 3.8) is 0 Å². The van der Waals surface area contributed by atoms with Crippen LogP contribution in [0, 0.1) is 5.92 Å². The van der Waals surface area contributed by atoms with E-state index in [4.69, 9.17) is 5.11 Å². The second kappa shape index (κ2) is 8.11. The first-order chi connectivity index (χ1) is 10.7. The fraction of sp³-hybridized carbons (Fsp3) is 0.556. The Morgan fingerprint density at radius 1 is 1.13 bits per heavy atom. The summed E-state index contributed by atoms with van der Waals surface area (Å²) in [5.41, 5.74) is 1.70. The standard InChI is InChI=1S/C18H28N2O3/c1-12(2)15(17(23)19-10-11-21)20-16(22)13-6-8-14(9-7-13)18(3,4)5/h6-9,12,15,21H,10-11H2,1-5H3,(H,19,23)(H,20,22). The Hall–Kier alpha value is -1.88. The zero-order valence-corrected chi connectivity index (χ0v) is 14.6. The molecule has 0 aliphatic carbocycles. The van der Waals surface area contributed by atoms with E-state index in [-0.39, 0.29) is 36.3 Å². The van der Waals surface area contributed by atoms with Crippen LogP contribution in [0.2, 0.25) is 0 Å². The van der Waals surface area contributed by atoms with Crippen molar-refractivity contribution in [2.75, 3.05) is 13.2 Å². The number of hydrogen-bond acceptors (Lipinski definition) is 3. The van der Waals surface area contributed by atoms with Crippen LogP contribution in [0.5, 0.6) is 0 Å². The molecule has 23 heavy (non-hydrogen) atoms. The van der Waals surface area contributed by atoms with E-state index in [1.807, 2.05) is 26.0 Å². The molecule has 5 nitrogen and oxygen atoms in total. The van der Waals surface area contributed by atoms with Crippen LogP contribution < -0.4 is 10.6 Å². The van der Waals surface area contributed by atoms with Gasteiger partial charge < -0.3 is 15.7 Å². The van der Waals surface area contributed by atoms with Crippen molar-refractivity contribution in [3.05, 3.63) is 35.4 Å². The quantitative estimate of drug-likeness (QED) is 0.748. The maximum Gasteiger partial charge on any atom is 0.251 e. The maximum absolute atomic E-state index is 12.4. The lowest BCUT2D eigenvalue weighted by atomic mass is 9.86. The summed E-state index contributed by atoms with van der Waals surface area (Å²) in [5.74, 6) is -0.608. The van der Waals surface area contributed by atoms with Gasteiger partial charge in [0.2, 0.25) is 5.91 Å². The Labute approximate surface area is 138 Å². The second-order valence-corrected chi connectivity index (χ2v) is 7.04. The van der Waals surface area contributed by atoms with Gasteiger partial charge in [-0.05, 0) is 29.0 Å². The fourth-order valence-electron chi connectivity index (χ4n) is 2.17. The second-order valence-electron chi connectivity index (χ2n) is 7.04. The molecule has 2 amide bonds. The molecule has 0 spiro atoms. The normalized spacial score (nSPS) is 12.8. The van der Waals surface area contributed by atoms with Crippen LogP contribution in [0.15, 0.2) is 24.3 Å². The largest absolute Gasteiger partial charge is 0.395 e. The number of amides is 2.